The van der Waals surface area contributed by atoms with Gasteiger partial charge in [0.05, 0.1) is 12.2 Å². The van der Waals surface area contributed by atoms with Crippen LogP contribution in [0.1, 0.15) is 86.0 Å². The van der Waals surface area contributed by atoms with Crippen LogP contribution in [0.15, 0.2) is 60.7 Å². The van der Waals surface area contributed by atoms with Crippen molar-refractivity contribution in [3.05, 3.63) is 60.7 Å². The highest BCUT2D eigenvalue weighted by atomic mass is 28.4. The molecule has 0 saturated heterocycles. The number of rotatable bonds is 7. The third-order valence-electron chi connectivity index (χ3n) is 11.5. The van der Waals surface area contributed by atoms with Crippen molar-refractivity contribution in [2.75, 3.05) is 6.61 Å². The van der Waals surface area contributed by atoms with Gasteiger partial charge >= 0.3 is 0 Å². The highest BCUT2D eigenvalue weighted by Gasteiger charge is 2.58. The molecule has 0 bridgehead atoms. The number of aliphatic hydroxyl groups excluding tert-OH is 2. The SMILES string of the molecule is CC(C)(C)[Si](OCC[C@H]1C[C@@H](O)CC[C@]1(C)C1CC[C@]2(C)C(=O)CCC2[C@@H]1O)(c1ccccc1)c1ccccc1. The van der Waals surface area contributed by atoms with E-state index in [-0.39, 0.29) is 39.7 Å². The van der Waals surface area contributed by atoms with Crippen LogP contribution in [0.5, 0.6) is 0 Å². The van der Waals surface area contributed by atoms with Gasteiger partial charge in [-0.05, 0) is 83.5 Å². The maximum atomic E-state index is 12.7. The Morgan fingerprint density at radius 1 is 0.875 bits per heavy atom. The zero-order chi connectivity index (χ0) is 28.8. The summed E-state index contributed by atoms with van der Waals surface area (Å²) in [6, 6.07) is 21.6. The molecule has 3 aliphatic carbocycles. The van der Waals surface area contributed by atoms with E-state index in [4.69, 9.17) is 4.43 Å². The van der Waals surface area contributed by atoms with E-state index in [2.05, 4.69) is 95.3 Å². The quantitative estimate of drug-likeness (QED) is 0.414. The third-order valence-corrected chi connectivity index (χ3v) is 16.5. The van der Waals surface area contributed by atoms with Crippen LogP contribution in [0.4, 0.5) is 0 Å². The van der Waals surface area contributed by atoms with E-state index in [1.807, 2.05) is 0 Å². The number of hydrogen-bond acceptors (Lipinski definition) is 4. The van der Waals surface area contributed by atoms with E-state index in [0.29, 0.717) is 18.8 Å². The molecule has 2 N–H and O–H groups in total. The largest absolute Gasteiger partial charge is 0.407 e. The highest BCUT2D eigenvalue weighted by Crippen LogP contribution is 2.59. The minimum absolute atomic E-state index is 0.0661. The molecule has 2 aromatic rings. The van der Waals surface area contributed by atoms with Crippen LogP contribution in [-0.4, -0.2) is 43.1 Å². The molecule has 0 aromatic heterocycles. The van der Waals surface area contributed by atoms with E-state index in [1.54, 1.807) is 0 Å². The van der Waals surface area contributed by atoms with Gasteiger partial charge < -0.3 is 14.6 Å². The van der Waals surface area contributed by atoms with E-state index >= 15 is 0 Å². The molecule has 0 heterocycles. The Bertz CT molecular complexity index is 1120. The molecule has 4 nitrogen and oxygen atoms in total. The van der Waals surface area contributed by atoms with Crippen molar-refractivity contribution in [1.29, 1.82) is 0 Å². The summed E-state index contributed by atoms with van der Waals surface area (Å²) in [5.41, 5.74) is -0.442. The lowest BCUT2D eigenvalue weighted by molar-refractivity contribution is -0.145. The van der Waals surface area contributed by atoms with Crippen molar-refractivity contribution in [1.82, 2.24) is 0 Å². The van der Waals surface area contributed by atoms with Crippen LogP contribution in [0, 0.1) is 28.6 Å². The lowest BCUT2D eigenvalue weighted by Gasteiger charge is -2.55. The van der Waals surface area contributed by atoms with Gasteiger partial charge in [-0.15, -0.1) is 0 Å². The summed E-state index contributed by atoms with van der Waals surface area (Å²) in [6.45, 7) is 12.0. The van der Waals surface area contributed by atoms with E-state index < -0.39 is 14.4 Å². The number of Topliss-reactive ketones (excluding diaryl/α,β-unsaturated/α-hetero) is 1. The minimum atomic E-state index is -2.63. The van der Waals surface area contributed by atoms with Gasteiger partial charge in [-0.1, -0.05) is 95.3 Å². The number of benzene rings is 2. The Hall–Kier alpha value is -1.79. The van der Waals surface area contributed by atoms with Gasteiger partial charge in [0.2, 0.25) is 0 Å². The second-order valence-electron chi connectivity index (χ2n) is 14.6. The first-order valence-electron chi connectivity index (χ1n) is 15.6. The average molecular weight is 563 g/mol. The normalized spacial score (nSPS) is 35.0. The van der Waals surface area contributed by atoms with Crippen LogP contribution >= 0.6 is 0 Å². The molecule has 2 unspecified atom stereocenters. The lowest BCUT2D eigenvalue weighted by atomic mass is 9.51. The van der Waals surface area contributed by atoms with E-state index in [9.17, 15) is 15.0 Å². The Morgan fingerprint density at radius 3 is 2.05 bits per heavy atom. The maximum Gasteiger partial charge on any atom is 0.261 e. The van der Waals surface area contributed by atoms with Crippen LogP contribution in [0.3, 0.4) is 0 Å². The van der Waals surface area contributed by atoms with Gasteiger partial charge in [0.1, 0.15) is 5.78 Å². The molecule has 5 heteroatoms. The molecule has 5 rings (SSSR count). The fourth-order valence-corrected chi connectivity index (χ4v) is 13.6. The van der Waals surface area contributed by atoms with Gasteiger partial charge in [-0.2, -0.15) is 0 Å². The van der Waals surface area contributed by atoms with Crippen LogP contribution in [0.2, 0.25) is 5.04 Å². The van der Waals surface area contributed by atoms with Crippen molar-refractivity contribution in [2.45, 2.75) is 103 Å². The molecule has 0 amide bonds. The number of ketones is 1. The van der Waals surface area contributed by atoms with Crippen molar-refractivity contribution in [3.8, 4) is 0 Å². The van der Waals surface area contributed by atoms with Gasteiger partial charge in [0, 0.05) is 18.4 Å². The van der Waals surface area contributed by atoms with Crippen molar-refractivity contribution < 1.29 is 19.4 Å². The minimum Gasteiger partial charge on any atom is -0.407 e. The molecule has 3 saturated carbocycles. The number of carbonyl (C=O) groups excluding carboxylic acids is 1. The second-order valence-corrected chi connectivity index (χ2v) is 18.9. The zero-order valence-corrected chi connectivity index (χ0v) is 26.2. The first kappa shape index (κ1) is 29.7. The summed E-state index contributed by atoms with van der Waals surface area (Å²) in [5.74, 6) is 0.823. The predicted octanol–water partition coefficient (Wildman–Crippen LogP) is 5.88. The first-order chi connectivity index (χ1) is 18.9. The van der Waals surface area contributed by atoms with Gasteiger partial charge in [-0.3, -0.25) is 4.79 Å². The van der Waals surface area contributed by atoms with E-state index in [0.717, 1.165) is 44.9 Å². The van der Waals surface area contributed by atoms with Crippen molar-refractivity contribution >= 4 is 24.5 Å². The molecule has 40 heavy (non-hydrogen) atoms. The number of carbonyl (C=O) groups is 1. The third kappa shape index (κ3) is 4.95. The fraction of sp³-hybridized carbons (Fsp3) is 0.629. The monoisotopic (exact) mass is 562 g/mol. The standard InChI is InChI=1S/C35H50O4Si/c1-33(2,3)40(27-12-8-6-9-13-27,28-14-10-7-11-15-28)39-23-20-25-24-26(36)18-21-34(25,4)30-19-22-35(5)29(32(30)38)16-17-31(35)37/h6-15,25-26,29-30,32,36,38H,16-24H2,1-5H3/t25-,26-,29?,30?,32-,34-,35-/m0/s1. The van der Waals surface area contributed by atoms with Crippen molar-refractivity contribution in [2.24, 2.45) is 28.6 Å². The van der Waals surface area contributed by atoms with Gasteiger partial charge in [-0.25, -0.2) is 0 Å². The van der Waals surface area contributed by atoms with Crippen LogP contribution in [0.25, 0.3) is 0 Å². The van der Waals surface area contributed by atoms with Crippen LogP contribution < -0.4 is 10.4 Å². The summed E-state index contributed by atoms with van der Waals surface area (Å²) < 4.78 is 7.26. The molecule has 3 fully saturated rings. The summed E-state index contributed by atoms with van der Waals surface area (Å²) in [6.07, 6.45) is 5.75. The maximum absolute atomic E-state index is 12.7. The zero-order valence-electron chi connectivity index (χ0n) is 25.2. The molecule has 218 valence electrons. The summed E-state index contributed by atoms with van der Waals surface area (Å²) >= 11 is 0. The van der Waals surface area contributed by atoms with E-state index in [1.165, 1.54) is 10.4 Å². The molecule has 3 aliphatic rings. The van der Waals surface area contributed by atoms with Crippen LogP contribution in [-0.2, 0) is 9.22 Å². The number of aliphatic hydroxyl groups is 2. The summed E-state index contributed by atoms with van der Waals surface area (Å²) in [5, 5.41) is 25.0. The Kier molecular flexibility index (Phi) is 8.26. The highest BCUT2D eigenvalue weighted by molar-refractivity contribution is 6.99. The molecule has 0 radical (unpaired) electrons. The number of hydrogen-bond donors (Lipinski definition) is 2. The average Bonchev–Trinajstić information content (AvgIpc) is 3.24. The van der Waals surface area contributed by atoms with Crippen molar-refractivity contribution in [3.63, 3.8) is 0 Å². The Labute approximate surface area is 242 Å². The van der Waals surface area contributed by atoms with Gasteiger partial charge in [0.15, 0.2) is 0 Å². The molecule has 0 aliphatic heterocycles. The molecule has 2 aromatic carbocycles. The smallest absolute Gasteiger partial charge is 0.261 e. The molecule has 0 spiro atoms. The number of fused-ring (bicyclic) bond motifs is 1. The molecular formula is C35H50O4Si. The topological polar surface area (TPSA) is 66.8 Å². The Balaban J connectivity index is 1.42. The second kappa shape index (κ2) is 11.1. The molecule has 7 atom stereocenters. The Morgan fingerprint density at radius 2 is 1.48 bits per heavy atom. The predicted molar refractivity (Wildman–Crippen MR) is 164 cm³/mol. The summed E-state index contributed by atoms with van der Waals surface area (Å²) in [4.78, 5) is 12.7. The van der Waals surface area contributed by atoms with Gasteiger partial charge in [0.25, 0.3) is 8.32 Å². The first-order valence-corrected chi connectivity index (χ1v) is 17.5. The summed E-state index contributed by atoms with van der Waals surface area (Å²) in [7, 11) is -2.63. The molecular weight excluding hydrogens is 512 g/mol. The lowest BCUT2D eigenvalue weighted by Crippen LogP contribution is -2.66. The fourth-order valence-electron chi connectivity index (χ4n) is 9.05.